The highest BCUT2D eigenvalue weighted by Crippen LogP contribution is 2.36. The van der Waals surface area contributed by atoms with E-state index in [0.29, 0.717) is 34.7 Å². The molecule has 6 nitrogen and oxygen atoms in total. The van der Waals surface area contributed by atoms with Gasteiger partial charge in [-0.15, -0.1) is 11.3 Å². The Kier molecular flexibility index (Phi) is 7.87. The van der Waals surface area contributed by atoms with Crippen molar-refractivity contribution in [2.75, 3.05) is 13.2 Å². The lowest BCUT2D eigenvalue weighted by atomic mass is 10.0. The second-order valence-corrected chi connectivity index (χ2v) is 9.98. The highest BCUT2D eigenvalue weighted by Gasteiger charge is 2.30. The Morgan fingerprint density at radius 3 is 2.51 bits per heavy atom. The van der Waals surface area contributed by atoms with Crippen LogP contribution < -0.4 is 4.74 Å². The third-order valence-corrected chi connectivity index (χ3v) is 7.00. The van der Waals surface area contributed by atoms with E-state index >= 15 is 0 Å². The van der Waals surface area contributed by atoms with Gasteiger partial charge in [0.25, 0.3) is 0 Å². The van der Waals surface area contributed by atoms with Gasteiger partial charge in [-0.1, -0.05) is 31.1 Å². The predicted octanol–water partition coefficient (Wildman–Crippen LogP) is 7.13. The van der Waals surface area contributed by atoms with Crippen LogP contribution in [0, 0.1) is 6.92 Å². The fourth-order valence-electron chi connectivity index (χ4n) is 3.95. The van der Waals surface area contributed by atoms with E-state index in [0.717, 1.165) is 39.3 Å². The molecule has 0 bridgehead atoms. The Balaban J connectivity index is 1.52. The minimum absolute atomic E-state index is 0.157. The van der Waals surface area contributed by atoms with Gasteiger partial charge < -0.3 is 14.0 Å². The predicted molar refractivity (Wildman–Crippen MR) is 135 cm³/mol. The van der Waals surface area contributed by atoms with Gasteiger partial charge in [-0.25, -0.2) is 9.78 Å². The third-order valence-electron chi connectivity index (χ3n) is 5.82. The normalized spacial score (nSPS) is 11.9. The number of hydrogen-bond donors (Lipinski definition) is 0. The van der Waals surface area contributed by atoms with Gasteiger partial charge in [-0.2, -0.15) is 13.2 Å². The molecule has 0 unspecified atom stereocenters. The van der Waals surface area contributed by atoms with E-state index in [9.17, 15) is 18.0 Å². The van der Waals surface area contributed by atoms with Gasteiger partial charge >= 0.3 is 12.1 Å². The van der Waals surface area contributed by atoms with Crippen LogP contribution in [0.15, 0.2) is 40.9 Å². The second-order valence-electron chi connectivity index (χ2n) is 8.89. The molecule has 4 aromatic rings. The smallest absolute Gasteiger partial charge is 0.416 e. The molecule has 0 N–H and O–H groups in total. The van der Waals surface area contributed by atoms with E-state index < -0.39 is 17.7 Å². The molecule has 2 aromatic carbocycles. The topological polar surface area (TPSA) is 74.5 Å². The molecule has 10 heteroatoms. The number of aromatic nitrogens is 2. The number of carbonyl (C=O) groups excluding carboxylic acids is 1. The summed E-state index contributed by atoms with van der Waals surface area (Å²) in [6.45, 7) is 7.80. The maximum atomic E-state index is 12.9. The van der Waals surface area contributed by atoms with Crippen LogP contribution in [0.2, 0.25) is 0 Å². The molecule has 37 heavy (non-hydrogen) atoms. The van der Waals surface area contributed by atoms with Crippen LogP contribution in [0.4, 0.5) is 13.2 Å². The molecule has 0 aliphatic heterocycles. The van der Waals surface area contributed by atoms with Crippen molar-refractivity contribution in [3.05, 3.63) is 63.8 Å². The summed E-state index contributed by atoms with van der Waals surface area (Å²) in [6, 6.07) is 8.73. The Morgan fingerprint density at radius 1 is 1.14 bits per heavy atom. The summed E-state index contributed by atoms with van der Waals surface area (Å²) in [7, 11) is 0. The number of ether oxygens (including phenoxy) is 2. The number of esters is 1. The summed E-state index contributed by atoms with van der Waals surface area (Å²) in [5.41, 5.74) is 3.08. The number of benzene rings is 2. The first-order valence-electron chi connectivity index (χ1n) is 11.9. The van der Waals surface area contributed by atoms with E-state index in [-0.39, 0.29) is 19.1 Å². The summed E-state index contributed by atoms with van der Waals surface area (Å²) in [6.07, 6.45) is -3.11. The molecule has 0 fully saturated rings. The highest BCUT2D eigenvalue weighted by molar-refractivity contribution is 7.15. The number of rotatable bonds is 9. The summed E-state index contributed by atoms with van der Waals surface area (Å²) in [5.74, 6) is 0.236. The molecule has 0 radical (unpaired) electrons. The lowest BCUT2D eigenvalue weighted by Gasteiger charge is -2.08. The zero-order chi connectivity index (χ0) is 26.7. The van der Waals surface area contributed by atoms with E-state index in [2.05, 4.69) is 5.16 Å². The van der Waals surface area contributed by atoms with Gasteiger partial charge in [-0.05, 0) is 56.4 Å². The minimum Gasteiger partial charge on any atom is -0.481 e. The van der Waals surface area contributed by atoms with Crippen molar-refractivity contribution in [3.8, 4) is 16.3 Å². The first-order valence-corrected chi connectivity index (χ1v) is 12.7. The first-order chi connectivity index (χ1) is 17.6. The summed E-state index contributed by atoms with van der Waals surface area (Å²) in [5, 5.41) is 5.80. The second kappa shape index (κ2) is 10.9. The van der Waals surface area contributed by atoms with Crippen molar-refractivity contribution in [1.82, 2.24) is 10.1 Å². The molecule has 0 aliphatic rings. The third kappa shape index (κ3) is 6.12. The molecule has 4 rings (SSSR count). The maximum absolute atomic E-state index is 12.9. The fourth-order valence-corrected chi connectivity index (χ4v) is 5.17. The number of aryl methyl sites for hydroxylation is 3. The SMILES string of the molecule is CCOC(=O)COc1cc2onc(CCc3sc(-c4ccc(C(F)(F)F)cc4)nc3C(C)C)c2cc1C. The van der Waals surface area contributed by atoms with Crippen molar-refractivity contribution >= 4 is 28.3 Å². The van der Waals surface area contributed by atoms with Crippen LogP contribution in [0.25, 0.3) is 21.5 Å². The molecule has 0 aliphatic carbocycles. The van der Waals surface area contributed by atoms with Crippen LogP contribution in [-0.2, 0) is 28.5 Å². The first kappa shape index (κ1) is 26.7. The molecule has 0 atom stereocenters. The Hall–Kier alpha value is -3.40. The molecule has 0 amide bonds. The van der Waals surface area contributed by atoms with Crippen molar-refractivity contribution in [3.63, 3.8) is 0 Å². The van der Waals surface area contributed by atoms with Crippen LogP contribution in [-0.4, -0.2) is 29.3 Å². The molecule has 0 saturated carbocycles. The molecule has 0 saturated heterocycles. The van der Waals surface area contributed by atoms with Gasteiger partial charge in [0, 0.05) is 21.9 Å². The largest absolute Gasteiger partial charge is 0.481 e. The van der Waals surface area contributed by atoms with E-state index in [4.69, 9.17) is 19.0 Å². The molecule has 2 aromatic heterocycles. The maximum Gasteiger partial charge on any atom is 0.416 e. The average Bonchev–Trinajstić information content (AvgIpc) is 3.45. The molecule has 0 spiro atoms. The van der Waals surface area contributed by atoms with E-state index in [1.54, 1.807) is 13.0 Å². The van der Waals surface area contributed by atoms with Gasteiger partial charge in [0.05, 0.1) is 23.6 Å². The number of hydrogen-bond acceptors (Lipinski definition) is 7. The van der Waals surface area contributed by atoms with Crippen molar-refractivity contribution < 1.29 is 32.0 Å². The van der Waals surface area contributed by atoms with Crippen molar-refractivity contribution in [1.29, 1.82) is 0 Å². The number of thiazole rings is 1. The van der Waals surface area contributed by atoms with Crippen LogP contribution >= 0.6 is 11.3 Å². The zero-order valence-electron chi connectivity index (χ0n) is 20.9. The lowest BCUT2D eigenvalue weighted by molar-refractivity contribution is -0.145. The van der Waals surface area contributed by atoms with Crippen LogP contribution in [0.1, 0.15) is 54.1 Å². The zero-order valence-corrected chi connectivity index (χ0v) is 21.8. The monoisotopic (exact) mass is 532 g/mol. The Labute approximate surface area is 216 Å². The number of nitrogens with zero attached hydrogens (tertiary/aromatic N) is 2. The highest BCUT2D eigenvalue weighted by atomic mass is 32.1. The van der Waals surface area contributed by atoms with Crippen LogP contribution in [0.5, 0.6) is 5.75 Å². The van der Waals surface area contributed by atoms with Gasteiger partial charge in [-0.3, -0.25) is 0 Å². The van der Waals surface area contributed by atoms with Gasteiger partial charge in [0.2, 0.25) is 0 Å². The van der Waals surface area contributed by atoms with Crippen LogP contribution in [0.3, 0.4) is 0 Å². The number of alkyl halides is 3. The van der Waals surface area contributed by atoms with E-state index in [1.165, 1.54) is 23.5 Å². The molecule has 2 heterocycles. The summed E-state index contributed by atoms with van der Waals surface area (Å²) >= 11 is 1.49. The fraction of sp³-hybridized carbons (Fsp3) is 0.370. The van der Waals surface area contributed by atoms with Crippen molar-refractivity contribution in [2.24, 2.45) is 0 Å². The Bertz CT molecular complexity index is 1390. The molecular formula is C27H27F3N2O4S. The molecule has 196 valence electrons. The van der Waals surface area contributed by atoms with E-state index in [1.807, 2.05) is 26.8 Å². The quantitative estimate of drug-likeness (QED) is 0.214. The summed E-state index contributed by atoms with van der Waals surface area (Å²) < 4.78 is 54.8. The number of carbonyl (C=O) groups is 1. The standard InChI is InChI=1S/C27H27F3N2O4S/c1-5-34-24(33)14-35-21-13-22-19(12-16(21)4)20(32-36-22)10-11-23-25(15(2)3)31-26(37-23)17-6-8-18(9-7-17)27(28,29)30/h6-9,12-13,15H,5,10-11,14H2,1-4H3. The van der Waals surface area contributed by atoms with Gasteiger partial charge in [0.15, 0.2) is 12.2 Å². The average molecular weight is 533 g/mol. The van der Waals surface area contributed by atoms with Crippen molar-refractivity contribution in [2.45, 2.75) is 52.6 Å². The number of fused-ring (bicyclic) bond motifs is 1. The summed E-state index contributed by atoms with van der Waals surface area (Å²) in [4.78, 5) is 17.4. The van der Waals surface area contributed by atoms with Gasteiger partial charge in [0.1, 0.15) is 10.8 Å². The number of halogens is 3. The molecular weight excluding hydrogens is 505 g/mol. The lowest BCUT2D eigenvalue weighted by Crippen LogP contribution is -2.14. The minimum atomic E-state index is -4.37. The Morgan fingerprint density at radius 2 is 1.86 bits per heavy atom.